The van der Waals surface area contributed by atoms with E-state index in [1.807, 2.05) is 20.9 Å². The van der Waals surface area contributed by atoms with Gasteiger partial charge < -0.3 is 15.5 Å². The molecule has 4 aliphatic carbocycles. The van der Waals surface area contributed by atoms with E-state index in [4.69, 9.17) is 0 Å². The van der Waals surface area contributed by atoms with Gasteiger partial charge in [-0.3, -0.25) is 9.59 Å². The predicted octanol–water partition coefficient (Wildman–Crippen LogP) is 2.40. The fourth-order valence-corrected chi connectivity index (χ4v) is 7.03. The van der Waals surface area contributed by atoms with E-state index < -0.39 is 0 Å². The van der Waals surface area contributed by atoms with Gasteiger partial charge in [0, 0.05) is 12.2 Å². The van der Waals surface area contributed by atoms with Crippen LogP contribution in [0.2, 0.25) is 0 Å². The summed E-state index contributed by atoms with van der Waals surface area (Å²) in [5.74, 6) is 2.73. The summed E-state index contributed by atoms with van der Waals surface area (Å²) in [6.07, 6.45) is 8.19. The summed E-state index contributed by atoms with van der Waals surface area (Å²) >= 11 is 0. The SMILES string of the molecule is Cc1cc(C)c(NC(=O)C[NH+](C)CC(=O)NCC23CC4CC(CC(C4)C2)C3)c(C)c1. The molecule has 0 spiro atoms. The first-order valence-electron chi connectivity index (χ1n) is 11.7. The molecule has 4 saturated carbocycles. The summed E-state index contributed by atoms with van der Waals surface area (Å²) in [5.41, 5.74) is 4.60. The molecular weight excluding hydrogens is 374 g/mol. The highest BCUT2D eigenvalue weighted by molar-refractivity contribution is 5.93. The molecular formula is C25H38N3O2+. The van der Waals surface area contributed by atoms with E-state index in [9.17, 15) is 9.59 Å². The first-order chi connectivity index (χ1) is 14.2. The number of carbonyl (C=O) groups is 2. The summed E-state index contributed by atoms with van der Waals surface area (Å²) in [4.78, 5) is 26.0. The van der Waals surface area contributed by atoms with Crippen molar-refractivity contribution in [1.82, 2.24) is 5.32 Å². The van der Waals surface area contributed by atoms with E-state index in [1.165, 1.54) is 44.1 Å². The van der Waals surface area contributed by atoms with Gasteiger partial charge in [0.2, 0.25) is 0 Å². The van der Waals surface area contributed by atoms with Crippen molar-refractivity contribution in [3.63, 3.8) is 0 Å². The molecule has 5 nitrogen and oxygen atoms in total. The fraction of sp³-hybridized carbons (Fsp3) is 0.680. The quantitative estimate of drug-likeness (QED) is 0.644. The standard InChI is InChI=1S/C25H37N3O2/c1-16-5-17(2)24(18(3)6-16)27-23(30)14-28(4)13-22(29)26-15-25-10-19-7-20(11-25)9-21(8-19)12-25/h5-6,19-21H,7-15H2,1-4H3,(H,26,29)(H,27,30)/p+1. The number of carbonyl (C=O) groups excluding carboxylic acids is 2. The number of aryl methyl sites for hydroxylation is 3. The second-order valence-corrected chi connectivity index (χ2v) is 10.8. The molecule has 4 fully saturated rings. The van der Waals surface area contributed by atoms with Crippen molar-refractivity contribution in [2.45, 2.75) is 59.3 Å². The average Bonchev–Trinajstić information content (AvgIpc) is 2.62. The Bertz CT molecular complexity index is 773. The lowest BCUT2D eigenvalue weighted by Gasteiger charge is -2.56. The van der Waals surface area contributed by atoms with E-state index in [0.717, 1.165) is 46.0 Å². The molecule has 0 saturated heterocycles. The van der Waals surface area contributed by atoms with Crippen LogP contribution in [0.5, 0.6) is 0 Å². The maximum absolute atomic E-state index is 12.6. The number of nitrogens with one attached hydrogen (secondary N) is 3. The van der Waals surface area contributed by atoms with Crippen molar-refractivity contribution in [3.8, 4) is 0 Å². The van der Waals surface area contributed by atoms with Crippen LogP contribution in [-0.2, 0) is 9.59 Å². The number of likely N-dealkylation sites (N-methyl/N-ethyl adjacent to an activating group) is 1. The van der Waals surface area contributed by atoms with E-state index in [-0.39, 0.29) is 18.4 Å². The van der Waals surface area contributed by atoms with Gasteiger partial charge >= 0.3 is 0 Å². The molecule has 4 aliphatic rings. The molecule has 0 heterocycles. The molecule has 1 unspecified atom stereocenters. The minimum absolute atomic E-state index is 0.0450. The monoisotopic (exact) mass is 412 g/mol. The van der Waals surface area contributed by atoms with Gasteiger partial charge in [-0.25, -0.2) is 0 Å². The van der Waals surface area contributed by atoms with Crippen LogP contribution in [0.25, 0.3) is 0 Å². The minimum Gasteiger partial charge on any atom is -0.351 e. The summed E-state index contributed by atoms with van der Waals surface area (Å²) in [7, 11) is 1.92. The molecule has 5 rings (SSSR count). The van der Waals surface area contributed by atoms with Gasteiger partial charge in [-0.2, -0.15) is 0 Å². The van der Waals surface area contributed by atoms with Crippen molar-refractivity contribution in [2.75, 3.05) is 32.0 Å². The smallest absolute Gasteiger partial charge is 0.279 e. The maximum atomic E-state index is 12.6. The normalized spacial score (nSPS) is 30.2. The first kappa shape index (κ1) is 21.4. The molecule has 1 aromatic carbocycles. The molecule has 0 aromatic heterocycles. The molecule has 1 atom stereocenters. The highest BCUT2D eigenvalue weighted by Gasteiger charge is 2.50. The van der Waals surface area contributed by atoms with Gasteiger partial charge in [-0.1, -0.05) is 17.7 Å². The van der Waals surface area contributed by atoms with Crippen molar-refractivity contribution in [3.05, 3.63) is 28.8 Å². The highest BCUT2D eigenvalue weighted by atomic mass is 16.2. The number of benzene rings is 1. The van der Waals surface area contributed by atoms with Crippen LogP contribution in [0.15, 0.2) is 12.1 Å². The molecule has 30 heavy (non-hydrogen) atoms. The van der Waals surface area contributed by atoms with E-state index >= 15 is 0 Å². The Morgan fingerprint density at radius 3 is 1.97 bits per heavy atom. The van der Waals surface area contributed by atoms with Crippen LogP contribution in [0.3, 0.4) is 0 Å². The predicted molar refractivity (Wildman–Crippen MR) is 120 cm³/mol. The Morgan fingerprint density at radius 1 is 0.933 bits per heavy atom. The van der Waals surface area contributed by atoms with Crippen molar-refractivity contribution in [2.24, 2.45) is 23.2 Å². The zero-order valence-corrected chi connectivity index (χ0v) is 19.1. The van der Waals surface area contributed by atoms with Gasteiger partial charge in [0.25, 0.3) is 11.8 Å². The van der Waals surface area contributed by atoms with Crippen LogP contribution in [0.1, 0.15) is 55.2 Å². The summed E-state index contributed by atoms with van der Waals surface area (Å²) in [6.45, 7) is 7.56. The Morgan fingerprint density at radius 2 is 1.43 bits per heavy atom. The maximum Gasteiger partial charge on any atom is 0.279 e. The molecule has 4 bridgehead atoms. The summed E-state index contributed by atoms with van der Waals surface area (Å²) < 4.78 is 0. The van der Waals surface area contributed by atoms with Crippen LogP contribution >= 0.6 is 0 Å². The van der Waals surface area contributed by atoms with Gasteiger partial charge in [-0.05, 0) is 93.6 Å². The fourth-order valence-electron chi connectivity index (χ4n) is 7.03. The molecule has 2 amide bonds. The van der Waals surface area contributed by atoms with Gasteiger partial charge in [0.15, 0.2) is 13.1 Å². The van der Waals surface area contributed by atoms with E-state index in [2.05, 4.69) is 29.7 Å². The lowest BCUT2D eigenvalue weighted by molar-refractivity contribution is -0.862. The lowest BCUT2D eigenvalue weighted by Crippen LogP contribution is -3.11. The lowest BCUT2D eigenvalue weighted by atomic mass is 9.49. The van der Waals surface area contributed by atoms with Crippen LogP contribution in [0.4, 0.5) is 5.69 Å². The van der Waals surface area contributed by atoms with Crippen LogP contribution < -0.4 is 15.5 Å². The molecule has 5 heteroatoms. The van der Waals surface area contributed by atoms with Crippen LogP contribution in [0, 0.1) is 43.9 Å². The zero-order chi connectivity index (χ0) is 21.5. The number of quaternary nitrogens is 1. The second-order valence-electron chi connectivity index (χ2n) is 10.8. The highest BCUT2D eigenvalue weighted by Crippen LogP contribution is 2.59. The Kier molecular flexibility index (Phi) is 5.93. The van der Waals surface area contributed by atoms with Crippen molar-refractivity contribution < 1.29 is 14.5 Å². The summed E-state index contributed by atoms with van der Waals surface area (Å²) in [5, 5.41) is 6.27. The third-order valence-electron chi connectivity index (χ3n) is 7.69. The van der Waals surface area contributed by atoms with E-state index in [0.29, 0.717) is 12.0 Å². The Labute approximate surface area is 181 Å². The third kappa shape index (κ3) is 4.72. The molecule has 0 radical (unpaired) electrons. The van der Waals surface area contributed by atoms with Crippen molar-refractivity contribution in [1.29, 1.82) is 0 Å². The molecule has 3 N–H and O–H groups in total. The number of hydrogen-bond donors (Lipinski definition) is 3. The molecule has 1 aromatic rings. The van der Waals surface area contributed by atoms with Gasteiger partial charge in [0.05, 0.1) is 7.05 Å². The first-order valence-corrected chi connectivity index (χ1v) is 11.7. The Hall–Kier alpha value is -1.88. The molecule has 0 aliphatic heterocycles. The third-order valence-corrected chi connectivity index (χ3v) is 7.69. The second kappa shape index (κ2) is 8.33. The summed E-state index contributed by atoms with van der Waals surface area (Å²) in [6, 6.07) is 4.16. The van der Waals surface area contributed by atoms with Crippen molar-refractivity contribution >= 4 is 17.5 Å². The topological polar surface area (TPSA) is 62.6 Å². The zero-order valence-electron chi connectivity index (χ0n) is 19.1. The number of rotatable bonds is 7. The Balaban J connectivity index is 1.24. The average molecular weight is 413 g/mol. The molecule has 164 valence electrons. The minimum atomic E-state index is -0.0450. The van der Waals surface area contributed by atoms with Gasteiger partial charge in [0.1, 0.15) is 0 Å². The number of hydrogen-bond acceptors (Lipinski definition) is 2. The number of amides is 2. The van der Waals surface area contributed by atoms with Gasteiger partial charge in [-0.15, -0.1) is 0 Å². The largest absolute Gasteiger partial charge is 0.351 e. The number of anilines is 1. The van der Waals surface area contributed by atoms with Crippen LogP contribution in [-0.4, -0.2) is 38.5 Å². The van der Waals surface area contributed by atoms with E-state index in [1.54, 1.807) is 0 Å².